The molecule has 0 fully saturated rings. The summed E-state index contributed by atoms with van der Waals surface area (Å²) in [4.78, 5) is 26.2. The van der Waals surface area contributed by atoms with Crippen LogP contribution in [0.5, 0.6) is 0 Å². The van der Waals surface area contributed by atoms with Crippen LogP contribution in [0.4, 0.5) is 0 Å². The summed E-state index contributed by atoms with van der Waals surface area (Å²) >= 11 is 1.43. The van der Waals surface area contributed by atoms with Gasteiger partial charge in [-0.15, -0.1) is 11.3 Å². The van der Waals surface area contributed by atoms with Crippen LogP contribution in [0, 0.1) is 6.92 Å². The highest BCUT2D eigenvalue weighted by Crippen LogP contribution is 2.28. The summed E-state index contributed by atoms with van der Waals surface area (Å²) in [7, 11) is 0. The van der Waals surface area contributed by atoms with Crippen LogP contribution in [0.1, 0.15) is 31.3 Å². The smallest absolute Gasteiger partial charge is 0.261 e. The quantitative estimate of drug-likeness (QED) is 0.450. The number of amides is 2. The van der Waals surface area contributed by atoms with E-state index in [0.717, 1.165) is 21.5 Å². The molecule has 2 heterocycles. The van der Waals surface area contributed by atoms with E-state index < -0.39 is 0 Å². The number of rotatable bonds is 7. The molecule has 6 nitrogen and oxygen atoms in total. The molecule has 0 aliphatic heterocycles. The average molecular weight is 419 g/mol. The molecule has 0 saturated carbocycles. The SMILES string of the molecule is Cc1nn(Cc2ccccc2)c2sc(C(=O)NCCNC(=O)c3ccccc3)cc12. The van der Waals surface area contributed by atoms with Crippen LogP contribution in [0.2, 0.25) is 0 Å². The molecular weight excluding hydrogens is 396 g/mol. The van der Waals surface area contributed by atoms with Crippen molar-refractivity contribution in [3.63, 3.8) is 0 Å². The first-order valence-corrected chi connectivity index (χ1v) is 10.6. The number of nitrogens with one attached hydrogen (secondary N) is 2. The maximum atomic E-state index is 12.6. The Bertz CT molecular complexity index is 1170. The fraction of sp³-hybridized carbons (Fsp3) is 0.174. The molecule has 30 heavy (non-hydrogen) atoms. The molecule has 2 aromatic heterocycles. The van der Waals surface area contributed by atoms with E-state index in [2.05, 4.69) is 27.9 Å². The van der Waals surface area contributed by atoms with E-state index in [9.17, 15) is 9.59 Å². The summed E-state index contributed by atoms with van der Waals surface area (Å²) in [5, 5.41) is 11.3. The Morgan fingerprint density at radius 2 is 1.57 bits per heavy atom. The third-order valence-electron chi connectivity index (χ3n) is 4.74. The van der Waals surface area contributed by atoms with Crippen molar-refractivity contribution in [3.8, 4) is 0 Å². The second-order valence-corrected chi connectivity index (χ2v) is 7.97. The summed E-state index contributed by atoms with van der Waals surface area (Å²) in [6.07, 6.45) is 0. The largest absolute Gasteiger partial charge is 0.350 e. The second kappa shape index (κ2) is 8.92. The molecule has 0 atom stereocenters. The summed E-state index contributed by atoms with van der Waals surface area (Å²) in [5.74, 6) is -0.292. The van der Waals surface area contributed by atoms with Gasteiger partial charge in [0.2, 0.25) is 0 Å². The van der Waals surface area contributed by atoms with Gasteiger partial charge in [-0.05, 0) is 30.7 Å². The van der Waals surface area contributed by atoms with Gasteiger partial charge < -0.3 is 10.6 Å². The molecule has 2 N–H and O–H groups in total. The average Bonchev–Trinajstić information content (AvgIpc) is 3.34. The Morgan fingerprint density at radius 3 is 2.27 bits per heavy atom. The fourth-order valence-corrected chi connectivity index (χ4v) is 4.30. The van der Waals surface area contributed by atoms with E-state index in [-0.39, 0.29) is 11.8 Å². The number of benzene rings is 2. The number of hydrogen-bond acceptors (Lipinski definition) is 4. The van der Waals surface area contributed by atoms with E-state index in [4.69, 9.17) is 0 Å². The first-order valence-electron chi connectivity index (χ1n) is 9.74. The first-order chi connectivity index (χ1) is 14.6. The molecule has 0 saturated heterocycles. The van der Waals surface area contributed by atoms with E-state index in [0.29, 0.717) is 30.1 Å². The second-order valence-electron chi connectivity index (χ2n) is 6.94. The van der Waals surface area contributed by atoms with E-state index in [1.54, 1.807) is 12.1 Å². The molecule has 4 rings (SSSR count). The molecule has 152 valence electrons. The van der Waals surface area contributed by atoms with E-state index in [1.807, 2.05) is 54.1 Å². The lowest BCUT2D eigenvalue weighted by Crippen LogP contribution is -2.34. The number of aryl methyl sites for hydroxylation is 1. The predicted molar refractivity (Wildman–Crippen MR) is 119 cm³/mol. The molecule has 0 aliphatic rings. The molecule has 0 unspecified atom stereocenters. The normalized spacial score (nSPS) is 10.8. The zero-order valence-corrected chi connectivity index (χ0v) is 17.4. The molecule has 2 amide bonds. The van der Waals surface area contributed by atoms with Crippen molar-refractivity contribution in [3.05, 3.63) is 88.4 Å². The minimum Gasteiger partial charge on any atom is -0.350 e. The summed E-state index contributed by atoms with van der Waals surface area (Å²) in [6.45, 7) is 3.35. The first kappa shape index (κ1) is 19.8. The number of fused-ring (bicyclic) bond motifs is 1. The highest BCUT2D eigenvalue weighted by Gasteiger charge is 2.16. The maximum absolute atomic E-state index is 12.6. The van der Waals surface area contributed by atoms with Crippen LogP contribution >= 0.6 is 11.3 Å². The number of hydrogen-bond donors (Lipinski definition) is 2. The topological polar surface area (TPSA) is 76.0 Å². The molecule has 7 heteroatoms. The summed E-state index contributed by atoms with van der Waals surface area (Å²) in [6, 6.07) is 21.0. The number of carbonyl (C=O) groups is 2. The van der Waals surface area contributed by atoms with Gasteiger partial charge >= 0.3 is 0 Å². The van der Waals surface area contributed by atoms with Crippen LogP contribution in [0.3, 0.4) is 0 Å². The lowest BCUT2D eigenvalue weighted by atomic mass is 10.2. The molecule has 0 bridgehead atoms. The van der Waals surface area contributed by atoms with Crippen LogP contribution < -0.4 is 10.6 Å². The van der Waals surface area contributed by atoms with Crippen LogP contribution in [0.25, 0.3) is 10.2 Å². The predicted octanol–water partition coefficient (Wildman–Crippen LogP) is 3.61. The monoisotopic (exact) mass is 418 g/mol. The van der Waals surface area contributed by atoms with Gasteiger partial charge in [0.15, 0.2) is 0 Å². The summed E-state index contributed by atoms with van der Waals surface area (Å²) < 4.78 is 1.95. The molecule has 0 radical (unpaired) electrons. The number of nitrogens with zero attached hydrogens (tertiary/aromatic N) is 2. The van der Waals surface area contributed by atoms with Crippen molar-refractivity contribution >= 4 is 33.4 Å². The standard InChI is InChI=1S/C23H22N4O2S/c1-16-19-14-20(30-23(19)27(26-16)15-17-8-4-2-5-9-17)22(29)25-13-12-24-21(28)18-10-6-3-7-11-18/h2-11,14H,12-13,15H2,1H3,(H,24,28)(H,25,29). The highest BCUT2D eigenvalue weighted by atomic mass is 32.1. The maximum Gasteiger partial charge on any atom is 0.261 e. The van der Waals surface area contributed by atoms with E-state index in [1.165, 1.54) is 11.3 Å². The van der Waals surface area contributed by atoms with Crippen molar-refractivity contribution in [2.75, 3.05) is 13.1 Å². The van der Waals surface area contributed by atoms with Gasteiger partial charge in [0.05, 0.1) is 17.1 Å². The molecule has 0 aliphatic carbocycles. The molecule has 4 aromatic rings. The Kier molecular flexibility index (Phi) is 5.90. The van der Waals surface area contributed by atoms with Crippen molar-refractivity contribution in [1.82, 2.24) is 20.4 Å². The van der Waals surface area contributed by atoms with Gasteiger partial charge in [-0.1, -0.05) is 48.5 Å². The molecule has 0 spiro atoms. The minimum absolute atomic E-state index is 0.143. The Hall–Kier alpha value is -3.45. The van der Waals surface area contributed by atoms with Gasteiger partial charge in [0.25, 0.3) is 11.8 Å². The fourth-order valence-electron chi connectivity index (χ4n) is 3.22. The Morgan fingerprint density at radius 1 is 0.933 bits per heavy atom. The van der Waals surface area contributed by atoms with Crippen molar-refractivity contribution in [1.29, 1.82) is 0 Å². The Balaban J connectivity index is 1.36. The molecule has 2 aromatic carbocycles. The highest BCUT2D eigenvalue weighted by molar-refractivity contribution is 7.20. The van der Waals surface area contributed by atoms with Gasteiger partial charge in [-0.2, -0.15) is 5.10 Å². The van der Waals surface area contributed by atoms with Gasteiger partial charge in [-0.25, -0.2) is 0 Å². The van der Waals surface area contributed by atoms with Crippen LogP contribution in [-0.2, 0) is 6.54 Å². The number of thiophene rings is 1. The zero-order chi connectivity index (χ0) is 20.9. The third kappa shape index (κ3) is 4.41. The third-order valence-corrected chi connectivity index (χ3v) is 5.89. The van der Waals surface area contributed by atoms with Gasteiger partial charge in [0.1, 0.15) is 4.83 Å². The van der Waals surface area contributed by atoms with Crippen LogP contribution in [-0.4, -0.2) is 34.7 Å². The lowest BCUT2D eigenvalue weighted by Gasteiger charge is -2.06. The van der Waals surface area contributed by atoms with Crippen molar-refractivity contribution in [2.45, 2.75) is 13.5 Å². The van der Waals surface area contributed by atoms with Crippen molar-refractivity contribution in [2.24, 2.45) is 0 Å². The van der Waals surface area contributed by atoms with Gasteiger partial charge in [-0.3, -0.25) is 14.3 Å². The minimum atomic E-state index is -0.150. The van der Waals surface area contributed by atoms with Gasteiger partial charge in [0, 0.05) is 24.0 Å². The summed E-state index contributed by atoms with van der Waals surface area (Å²) in [5.41, 5.74) is 2.67. The Labute approximate surface area is 178 Å². The number of aromatic nitrogens is 2. The van der Waals surface area contributed by atoms with Crippen molar-refractivity contribution < 1.29 is 9.59 Å². The lowest BCUT2D eigenvalue weighted by molar-refractivity contribution is 0.0929. The molecular formula is C23H22N4O2S. The number of carbonyl (C=O) groups excluding carboxylic acids is 2. The van der Waals surface area contributed by atoms with Crippen LogP contribution in [0.15, 0.2) is 66.7 Å². The zero-order valence-electron chi connectivity index (χ0n) is 16.6. The van der Waals surface area contributed by atoms with E-state index >= 15 is 0 Å².